The van der Waals surface area contributed by atoms with Gasteiger partial charge in [-0.3, -0.25) is 0 Å². The first-order valence-electron chi connectivity index (χ1n) is 9.40. The van der Waals surface area contributed by atoms with Crippen LogP contribution in [-0.4, -0.2) is 46.6 Å². The van der Waals surface area contributed by atoms with E-state index in [0.29, 0.717) is 37.7 Å². The topological polar surface area (TPSA) is 95.4 Å². The summed E-state index contributed by atoms with van der Waals surface area (Å²) in [6, 6.07) is 6.37. The Kier molecular flexibility index (Phi) is 3.87. The largest absolute Gasteiger partial charge is 0.381 e. The lowest BCUT2D eigenvalue weighted by Gasteiger charge is -2.49. The molecule has 27 heavy (non-hydrogen) atoms. The van der Waals surface area contributed by atoms with Crippen LogP contribution < -0.4 is 11.1 Å². The molecule has 0 atom stereocenters. The summed E-state index contributed by atoms with van der Waals surface area (Å²) in [5.41, 5.74) is 5.68. The molecule has 2 bridgehead atoms. The molecule has 2 aromatic rings. The molecule has 6 rings (SSSR count). The molecular formula is C19H23FN4O3. The van der Waals surface area contributed by atoms with Crippen molar-refractivity contribution >= 4 is 0 Å². The van der Waals surface area contributed by atoms with Crippen molar-refractivity contribution in [3.63, 3.8) is 0 Å². The SMILES string of the molecule is NCC12CC(NCc3noc(-c4ccccc4F)n3)(C1)C1(CCOCC1)O2. The molecule has 4 fully saturated rings. The van der Waals surface area contributed by atoms with Crippen molar-refractivity contribution in [2.24, 2.45) is 5.73 Å². The summed E-state index contributed by atoms with van der Waals surface area (Å²) in [6.45, 7) is 2.36. The predicted molar refractivity (Wildman–Crippen MR) is 94.2 cm³/mol. The van der Waals surface area contributed by atoms with Crippen LogP contribution in [0, 0.1) is 5.82 Å². The lowest BCUT2D eigenvalue weighted by molar-refractivity contribution is -0.114. The quantitative estimate of drug-likeness (QED) is 0.823. The Balaban J connectivity index is 1.34. The summed E-state index contributed by atoms with van der Waals surface area (Å²) >= 11 is 0. The second-order valence-electron chi connectivity index (χ2n) is 7.88. The fourth-order valence-corrected chi connectivity index (χ4v) is 5.03. The van der Waals surface area contributed by atoms with Gasteiger partial charge in [0, 0.05) is 32.6 Å². The smallest absolute Gasteiger partial charge is 0.260 e. The minimum Gasteiger partial charge on any atom is -0.381 e. The maximum absolute atomic E-state index is 13.9. The zero-order chi connectivity index (χ0) is 18.5. The first-order chi connectivity index (χ1) is 13.1. The van der Waals surface area contributed by atoms with Crippen LogP contribution in [0.1, 0.15) is 31.5 Å². The number of rotatable bonds is 5. The van der Waals surface area contributed by atoms with Gasteiger partial charge in [0.15, 0.2) is 5.82 Å². The van der Waals surface area contributed by atoms with Crippen molar-refractivity contribution in [3.8, 4) is 11.5 Å². The maximum atomic E-state index is 13.9. The van der Waals surface area contributed by atoms with Crippen molar-refractivity contribution in [2.75, 3.05) is 19.8 Å². The molecule has 0 amide bonds. The first kappa shape index (κ1) is 17.2. The number of ether oxygens (including phenoxy) is 2. The van der Waals surface area contributed by atoms with Gasteiger partial charge in [-0.1, -0.05) is 17.3 Å². The number of hydrogen-bond acceptors (Lipinski definition) is 7. The van der Waals surface area contributed by atoms with E-state index in [1.54, 1.807) is 18.2 Å². The normalized spacial score (nSPS) is 31.2. The Labute approximate surface area is 156 Å². The second-order valence-corrected chi connectivity index (χ2v) is 7.88. The Bertz CT molecular complexity index is 843. The Morgan fingerprint density at radius 1 is 1.19 bits per heavy atom. The molecule has 1 spiro atoms. The minimum absolute atomic E-state index is 0.144. The number of nitrogens with one attached hydrogen (secondary N) is 1. The summed E-state index contributed by atoms with van der Waals surface area (Å²) < 4.78 is 31.2. The van der Waals surface area contributed by atoms with Gasteiger partial charge in [0.25, 0.3) is 5.89 Å². The molecule has 1 aromatic carbocycles. The molecule has 0 unspecified atom stereocenters. The van der Waals surface area contributed by atoms with Gasteiger partial charge in [0.05, 0.1) is 28.8 Å². The van der Waals surface area contributed by atoms with Gasteiger partial charge < -0.3 is 25.0 Å². The Morgan fingerprint density at radius 3 is 2.70 bits per heavy atom. The van der Waals surface area contributed by atoms with Crippen molar-refractivity contribution in [3.05, 3.63) is 35.9 Å². The molecule has 7 nitrogen and oxygen atoms in total. The molecule has 1 saturated carbocycles. The lowest BCUT2D eigenvalue weighted by Crippen LogP contribution is -2.66. The van der Waals surface area contributed by atoms with Crippen LogP contribution in [0.2, 0.25) is 0 Å². The summed E-state index contributed by atoms with van der Waals surface area (Å²) in [6.07, 6.45) is 3.48. The molecule has 3 saturated heterocycles. The number of benzene rings is 1. The van der Waals surface area contributed by atoms with Crippen molar-refractivity contribution in [1.82, 2.24) is 15.5 Å². The highest BCUT2D eigenvalue weighted by Crippen LogP contribution is 2.63. The molecule has 1 aromatic heterocycles. The van der Waals surface area contributed by atoms with E-state index in [4.69, 9.17) is 19.7 Å². The van der Waals surface area contributed by atoms with E-state index in [1.807, 2.05) is 0 Å². The number of halogens is 1. The maximum Gasteiger partial charge on any atom is 0.260 e. The van der Waals surface area contributed by atoms with Crippen LogP contribution >= 0.6 is 0 Å². The third kappa shape index (κ3) is 2.55. The molecule has 1 aliphatic carbocycles. The second kappa shape index (κ2) is 6.07. The fraction of sp³-hybridized carbons (Fsp3) is 0.579. The number of nitrogens with zero attached hydrogens (tertiary/aromatic N) is 2. The van der Waals surface area contributed by atoms with Crippen LogP contribution in [0.5, 0.6) is 0 Å². The van der Waals surface area contributed by atoms with Gasteiger partial charge in [-0.2, -0.15) is 4.98 Å². The summed E-state index contributed by atoms with van der Waals surface area (Å²) in [5.74, 6) is 0.314. The zero-order valence-electron chi connectivity index (χ0n) is 15.0. The fourth-order valence-electron chi connectivity index (χ4n) is 5.03. The third-order valence-electron chi connectivity index (χ3n) is 6.36. The van der Waals surface area contributed by atoms with Gasteiger partial charge >= 0.3 is 0 Å². The van der Waals surface area contributed by atoms with E-state index < -0.39 is 0 Å². The van der Waals surface area contributed by atoms with Gasteiger partial charge in [-0.05, 0) is 25.0 Å². The standard InChI is InChI=1S/C19H23FN4O3/c20-14-4-2-1-3-13(14)16-23-15(24-26-16)9-22-18-10-17(11-18,12-21)27-19(18)5-7-25-8-6-19/h1-4,22H,5-12,21H2. The summed E-state index contributed by atoms with van der Waals surface area (Å²) in [4.78, 5) is 4.35. The van der Waals surface area contributed by atoms with Crippen LogP contribution in [0.15, 0.2) is 28.8 Å². The third-order valence-corrected chi connectivity index (χ3v) is 6.36. The first-order valence-corrected chi connectivity index (χ1v) is 9.40. The highest BCUT2D eigenvalue weighted by Gasteiger charge is 2.74. The Morgan fingerprint density at radius 2 is 1.96 bits per heavy atom. The van der Waals surface area contributed by atoms with E-state index in [0.717, 1.165) is 25.7 Å². The van der Waals surface area contributed by atoms with Crippen molar-refractivity contribution in [1.29, 1.82) is 0 Å². The highest BCUT2D eigenvalue weighted by atomic mass is 19.1. The molecule has 3 N–H and O–H groups in total. The molecule has 4 heterocycles. The van der Waals surface area contributed by atoms with E-state index in [2.05, 4.69) is 15.5 Å². The van der Waals surface area contributed by atoms with Gasteiger partial charge in [-0.25, -0.2) is 4.39 Å². The van der Waals surface area contributed by atoms with Crippen LogP contribution in [0.25, 0.3) is 11.5 Å². The summed E-state index contributed by atoms with van der Waals surface area (Å²) in [7, 11) is 0. The lowest BCUT2D eigenvalue weighted by atomic mass is 9.60. The molecular weight excluding hydrogens is 351 g/mol. The molecule has 3 aliphatic heterocycles. The van der Waals surface area contributed by atoms with E-state index in [-0.39, 0.29) is 28.4 Å². The molecule has 4 aliphatic rings. The molecule has 0 radical (unpaired) electrons. The van der Waals surface area contributed by atoms with Crippen molar-refractivity contribution in [2.45, 2.75) is 49.0 Å². The van der Waals surface area contributed by atoms with Gasteiger partial charge in [0.2, 0.25) is 0 Å². The van der Waals surface area contributed by atoms with E-state index in [9.17, 15) is 4.39 Å². The monoisotopic (exact) mass is 374 g/mol. The molecule has 144 valence electrons. The number of hydrogen-bond donors (Lipinski definition) is 2. The zero-order valence-corrected chi connectivity index (χ0v) is 15.0. The average molecular weight is 374 g/mol. The highest BCUT2D eigenvalue weighted by molar-refractivity contribution is 5.53. The minimum atomic E-state index is -0.378. The van der Waals surface area contributed by atoms with Crippen molar-refractivity contribution < 1.29 is 18.4 Å². The number of aromatic nitrogens is 2. The van der Waals surface area contributed by atoms with E-state index in [1.165, 1.54) is 6.07 Å². The molecule has 8 heteroatoms. The average Bonchev–Trinajstić information content (AvgIpc) is 3.29. The van der Waals surface area contributed by atoms with Crippen LogP contribution in [-0.2, 0) is 16.0 Å². The van der Waals surface area contributed by atoms with Gasteiger partial charge in [0.1, 0.15) is 5.82 Å². The van der Waals surface area contributed by atoms with Crippen LogP contribution in [0.4, 0.5) is 4.39 Å². The van der Waals surface area contributed by atoms with Gasteiger partial charge in [-0.15, -0.1) is 0 Å². The predicted octanol–water partition coefficient (Wildman–Crippen LogP) is 1.77. The number of nitrogens with two attached hydrogens (primary N) is 1. The van der Waals surface area contributed by atoms with Crippen LogP contribution in [0.3, 0.4) is 0 Å². The van der Waals surface area contributed by atoms with E-state index >= 15 is 0 Å². The Hall–Kier alpha value is -1.87. The summed E-state index contributed by atoms with van der Waals surface area (Å²) in [5, 5.41) is 7.63.